The molecule has 0 saturated carbocycles. The zero-order valence-electron chi connectivity index (χ0n) is 17.6. The van der Waals surface area contributed by atoms with Crippen LogP contribution in [0.5, 0.6) is 5.75 Å². The molecule has 2 aromatic carbocycles. The number of furan rings is 1. The zero-order valence-corrected chi connectivity index (χ0v) is 17.6. The molecule has 0 spiro atoms. The third-order valence-electron chi connectivity index (χ3n) is 6.29. The highest BCUT2D eigenvalue weighted by atomic mass is 16.5. The van der Waals surface area contributed by atoms with Crippen LogP contribution >= 0.6 is 0 Å². The Balaban J connectivity index is 1.41. The van der Waals surface area contributed by atoms with E-state index in [9.17, 15) is 4.79 Å². The second-order valence-corrected chi connectivity index (χ2v) is 8.62. The van der Waals surface area contributed by atoms with E-state index in [4.69, 9.17) is 13.9 Å². The fraction of sp³-hybridized carbons (Fsp3) is 0.400. The van der Waals surface area contributed by atoms with E-state index in [1.807, 2.05) is 42.5 Å². The largest absolute Gasteiger partial charge is 0.492 e. The summed E-state index contributed by atoms with van der Waals surface area (Å²) in [6.07, 6.45) is 1.06. The van der Waals surface area contributed by atoms with Crippen LogP contribution in [0.25, 0.3) is 11.0 Å². The Bertz CT molecular complexity index is 1090. The molecule has 156 valence electrons. The van der Waals surface area contributed by atoms with Crippen LogP contribution < -0.4 is 4.74 Å². The van der Waals surface area contributed by atoms with Crippen molar-refractivity contribution in [1.29, 1.82) is 0 Å². The second-order valence-electron chi connectivity index (χ2n) is 8.62. The molecule has 0 unspecified atom stereocenters. The van der Waals surface area contributed by atoms with Gasteiger partial charge in [-0.05, 0) is 50.1 Å². The Morgan fingerprint density at radius 1 is 1.10 bits per heavy atom. The van der Waals surface area contributed by atoms with Gasteiger partial charge in [-0.2, -0.15) is 0 Å². The SMILES string of the molecule is CC1(C)c2cc(OCCN3CCCOCC3)ccc2C(=O)c2c1oc1ccccc21. The monoisotopic (exact) mass is 405 g/mol. The predicted octanol–water partition coefficient (Wildman–Crippen LogP) is 4.40. The van der Waals surface area contributed by atoms with Gasteiger partial charge in [0.1, 0.15) is 23.7 Å². The molecule has 0 amide bonds. The maximum absolute atomic E-state index is 13.3. The van der Waals surface area contributed by atoms with Crippen LogP contribution in [-0.2, 0) is 10.2 Å². The van der Waals surface area contributed by atoms with Crippen molar-refractivity contribution < 1.29 is 18.7 Å². The number of fused-ring (bicyclic) bond motifs is 4. The first-order valence-electron chi connectivity index (χ1n) is 10.7. The van der Waals surface area contributed by atoms with Crippen LogP contribution in [0.1, 0.15) is 47.5 Å². The molecule has 0 bridgehead atoms. The lowest BCUT2D eigenvalue weighted by molar-refractivity contribution is 0.102. The number of carbonyl (C=O) groups is 1. The molecule has 0 radical (unpaired) electrons. The molecular weight excluding hydrogens is 378 g/mol. The van der Waals surface area contributed by atoms with Crippen LogP contribution in [0.15, 0.2) is 46.9 Å². The van der Waals surface area contributed by atoms with Crippen LogP contribution in [0.2, 0.25) is 0 Å². The number of rotatable bonds is 4. The van der Waals surface area contributed by atoms with E-state index >= 15 is 0 Å². The van der Waals surface area contributed by atoms with Crippen molar-refractivity contribution in [3.8, 4) is 5.75 Å². The first kappa shape index (κ1) is 19.3. The number of ether oxygens (including phenoxy) is 2. The Hall–Kier alpha value is -2.63. The van der Waals surface area contributed by atoms with Crippen molar-refractivity contribution in [3.63, 3.8) is 0 Å². The van der Waals surface area contributed by atoms with Gasteiger partial charge < -0.3 is 13.9 Å². The number of para-hydroxylation sites is 1. The van der Waals surface area contributed by atoms with Crippen molar-refractivity contribution in [1.82, 2.24) is 4.90 Å². The van der Waals surface area contributed by atoms with Gasteiger partial charge >= 0.3 is 0 Å². The summed E-state index contributed by atoms with van der Waals surface area (Å²) in [5, 5.41) is 0.887. The minimum absolute atomic E-state index is 0.0281. The molecule has 1 aliphatic carbocycles. The number of nitrogens with zero attached hydrogens (tertiary/aromatic N) is 1. The second kappa shape index (κ2) is 7.56. The Labute approximate surface area is 176 Å². The molecule has 5 nitrogen and oxygen atoms in total. The molecule has 5 heteroatoms. The Morgan fingerprint density at radius 2 is 1.97 bits per heavy atom. The van der Waals surface area contributed by atoms with Gasteiger partial charge in [-0.1, -0.05) is 18.2 Å². The van der Waals surface area contributed by atoms with E-state index < -0.39 is 5.41 Å². The topological polar surface area (TPSA) is 51.9 Å². The minimum Gasteiger partial charge on any atom is -0.492 e. The lowest BCUT2D eigenvalue weighted by Gasteiger charge is -2.31. The lowest BCUT2D eigenvalue weighted by atomic mass is 9.72. The summed E-state index contributed by atoms with van der Waals surface area (Å²) in [6, 6.07) is 13.6. The molecule has 5 rings (SSSR count). The van der Waals surface area contributed by atoms with E-state index in [1.54, 1.807) is 0 Å². The standard InChI is InChI=1S/C25H27NO4/c1-25(2)20-16-17(29-15-12-26-10-5-13-28-14-11-26)8-9-18(20)23(27)22-19-6-3-4-7-21(19)30-24(22)25/h3-4,6-9,16H,5,10-15H2,1-2H3. The summed E-state index contributed by atoms with van der Waals surface area (Å²) in [5.74, 6) is 1.56. The van der Waals surface area contributed by atoms with E-state index in [0.29, 0.717) is 12.2 Å². The molecule has 2 heterocycles. The van der Waals surface area contributed by atoms with Crippen LogP contribution in [0.4, 0.5) is 0 Å². The number of benzene rings is 2. The molecule has 30 heavy (non-hydrogen) atoms. The van der Waals surface area contributed by atoms with Gasteiger partial charge in [-0.3, -0.25) is 9.69 Å². The fourth-order valence-corrected chi connectivity index (χ4v) is 4.61. The van der Waals surface area contributed by atoms with Gasteiger partial charge in [0.15, 0.2) is 5.78 Å². The number of hydrogen-bond acceptors (Lipinski definition) is 5. The summed E-state index contributed by atoms with van der Waals surface area (Å²) >= 11 is 0. The third kappa shape index (κ3) is 3.22. The summed E-state index contributed by atoms with van der Waals surface area (Å²) in [7, 11) is 0. The highest BCUT2D eigenvalue weighted by molar-refractivity contribution is 6.19. The summed E-state index contributed by atoms with van der Waals surface area (Å²) < 4.78 is 17.7. The van der Waals surface area contributed by atoms with Crippen LogP contribution in [0, 0.1) is 0 Å². The van der Waals surface area contributed by atoms with Gasteiger partial charge in [-0.25, -0.2) is 0 Å². The lowest BCUT2D eigenvalue weighted by Crippen LogP contribution is -2.31. The van der Waals surface area contributed by atoms with Crippen molar-refractivity contribution >= 4 is 16.8 Å². The van der Waals surface area contributed by atoms with Crippen molar-refractivity contribution in [3.05, 3.63) is 64.9 Å². The van der Waals surface area contributed by atoms with Crippen LogP contribution in [0.3, 0.4) is 0 Å². The predicted molar refractivity (Wildman–Crippen MR) is 116 cm³/mol. The molecule has 2 aliphatic rings. The average molecular weight is 405 g/mol. The highest BCUT2D eigenvalue weighted by Crippen LogP contribution is 2.46. The number of ketones is 1. The molecule has 1 fully saturated rings. The first-order chi connectivity index (χ1) is 14.6. The van der Waals surface area contributed by atoms with E-state index in [1.165, 1.54) is 0 Å². The maximum Gasteiger partial charge on any atom is 0.197 e. The van der Waals surface area contributed by atoms with E-state index in [2.05, 4.69) is 18.7 Å². The smallest absolute Gasteiger partial charge is 0.197 e. The van der Waals surface area contributed by atoms with Gasteiger partial charge in [0.2, 0.25) is 0 Å². The third-order valence-corrected chi connectivity index (χ3v) is 6.29. The molecule has 1 saturated heterocycles. The summed E-state index contributed by atoms with van der Waals surface area (Å²) in [6.45, 7) is 9.33. The maximum atomic E-state index is 13.3. The number of hydrogen-bond donors (Lipinski definition) is 0. The van der Waals surface area contributed by atoms with Crippen LogP contribution in [-0.4, -0.2) is 50.1 Å². The molecule has 0 N–H and O–H groups in total. The molecule has 3 aromatic rings. The summed E-state index contributed by atoms with van der Waals surface area (Å²) in [5.41, 5.74) is 2.73. The quantitative estimate of drug-likeness (QED) is 0.644. The van der Waals surface area contributed by atoms with Crippen molar-refractivity contribution in [2.24, 2.45) is 0 Å². The average Bonchev–Trinajstić information content (AvgIpc) is 2.96. The van der Waals surface area contributed by atoms with Crippen molar-refractivity contribution in [2.45, 2.75) is 25.7 Å². The summed E-state index contributed by atoms with van der Waals surface area (Å²) in [4.78, 5) is 15.7. The highest BCUT2D eigenvalue weighted by Gasteiger charge is 2.41. The first-order valence-corrected chi connectivity index (χ1v) is 10.7. The zero-order chi connectivity index (χ0) is 20.7. The molecule has 0 atom stereocenters. The molecular formula is C25H27NO4. The minimum atomic E-state index is -0.418. The Kier molecular flexibility index (Phi) is 4.88. The van der Waals surface area contributed by atoms with E-state index in [0.717, 1.165) is 72.9 Å². The molecule has 1 aliphatic heterocycles. The van der Waals surface area contributed by atoms with Gasteiger partial charge in [0.05, 0.1) is 12.2 Å². The van der Waals surface area contributed by atoms with Gasteiger partial charge in [0.25, 0.3) is 0 Å². The fourth-order valence-electron chi connectivity index (χ4n) is 4.61. The Morgan fingerprint density at radius 3 is 2.87 bits per heavy atom. The normalized spacial score (nSPS) is 18.7. The van der Waals surface area contributed by atoms with E-state index in [-0.39, 0.29) is 5.78 Å². The van der Waals surface area contributed by atoms with Crippen molar-refractivity contribution in [2.75, 3.05) is 39.5 Å². The van der Waals surface area contributed by atoms with Gasteiger partial charge in [0, 0.05) is 42.6 Å². The van der Waals surface area contributed by atoms with Gasteiger partial charge in [-0.15, -0.1) is 0 Å². The molecule has 1 aromatic heterocycles. The number of carbonyl (C=O) groups excluding carboxylic acids is 1.